The standard InChI is InChI=1S/C29H23FN6O3S/c1-39-22-13-9-18(10-14-22)24-15-25(19-7-11-20(30)12-8-19)36(34-24)26(37)17-40-29-32-27-23(28(38)33-29)16-31-35(27)21-5-3-2-4-6-21/h2-14,16,25H,15,17H2,1H3,(H,32,33,38)/t25-/m0/s1. The largest absolute Gasteiger partial charge is 0.497 e. The summed E-state index contributed by atoms with van der Waals surface area (Å²) in [5.41, 5.74) is 3.19. The molecule has 1 N–H and O–H groups in total. The SMILES string of the molecule is COc1ccc(C2=NN(C(=O)CSc3nc4c(cnn4-c4ccccc4)c(=O)[nH]3)[C@H](c3ccc(F)cc3)C2)cc1. The molecule has 2 aromatic heterocycles. The van der Waals surface area contributed by atoms with E-state index < -0.39 is 6.04 Å². The lowest BCUT2D eigenvalue weighted by atomic mass is 9.98. The number of rotatable bonds is 7. The molecule has 9 nitrogen and oxygen atoms in total. The van der Waals surface area contributed by atoms with E-state index in [1.54, 1.807) is 23.9 Å². The Morgan fingerprint density at radius 1 is 1.07 bits per heavy atom. The van der Waals surface area contributed by atoms with Gasteiger partial charge >= 0.3 is 0 Å². The summed E-state index contributed by atoms with van der Waals surface area (Å²) in [6.45, 7) is 0. The first-order valence-corrected chi connectivity index (χ1v) is 13.4. The quantitative estimate of drug-likeness (QED) is 0.230. The minimum atomic E-state index is -0.403. The normalized spacial score (nSPS) is 14.9. The van der Waals surface area contributed by atoms with Crippen LogP contribution in [0.25, 0.3) is 16.7 Å². The number of para-hydroxylation sites is 1. The van der Waals surface area contributed by atoms with Crippen LogP contribution in [0, 0.1) is 5.82 Å². The summed E-state index contributed by atoms with van der Waals surface area (Å²) in [5, 5.41) is 11.1. The van der Waals surface area contributed by atoms with Crippen LogP contribution >= 0.6 is 11.8 Å². The second kappa shape index (κ2) is 10.8. The van der Waals surface area contributed by atoms with Crippen molar-refractivity contribution in [3.05, 3.63) is 112 Å². The number of H-pyrrole nitrogens is 1. The van der Waals surface area contributed by atoms with Crippen LogP contribution in [0.5, 0.6) is 5.75 Å². The third-order valence-corrected chi connectivity index (χ3v) is 7.45. The average Bonchev–Trinajstić information content (AvgIpc) is 3.63. The van der Waals surface area contributed by atoms with Gasteiger partial charge in [0.1, 0.15) is 17.0 Å². The van der Waals surface area contributed by atoms with E-state index in [0.29, 0.717) is 28.4 Å². The van der Waals surface area contributed by atoms with Gasteiger partial charge in [0, 0.05) is 6.42 Å². The van der Waals surface area contributed by atoms with Crippen LogP contribution in [0.1, 0.15) is 23.6 Å². The van der Waals surface area contributed by atoms with E-state index in [1.807, 2.05) is 54.6 Å². The summed E-state index contributed by atoms with van der Waals surface area (Å²) in [5.74, 6) is 0.0630. The number of carbonyl (C=O) groups is 1. The minimum Gasteiger partial charge on any atom is -0.497 e. The molecule has 3 aromatic carbocycles. The van der Waals surface area contributed by atoms with Gasteiger partial charge in [0.25, 0.3) is 11.5 Å². The number of benzene rings is 3. The molecule has 1 aliphatic heterocycles. The van der Waals surface area contributed by atoms with E-state index in [0.717, 1.165) is 34.3 Å². The van der Waals surface area contributed by atoms with Gasteiger partial charge in [0.15, 0.2) is 10.8 Å². The van der Waals surface area contributed by atoms with E-state index in [2.05, 4.69) is 20.2 Å². The van der Waals surface area contributed by atoms with E-state index in [-0.39, 0.29) is 23.0 Å². The average molecular weight is 555 g/mol. The van der Waals surface area contributed by atoms with Gasteiger partial charge in [-0.1, -0.05) is 42.1 Å². The zero-order valence-electron chi connectivity index (χ0n) is 21.3. The number of nitrogens with zero attached hydrogens (tertiary/aromatic N) is 5. The van der Waals surface area contributed by atoms with Crippen LogP contribution in [0.3, 0.4) is 0 Å². The molecule has 0 aliphatic carbocycles. The molecule has 0 saturated heterocycles. The zero-order valence-corrected chi connectivity index (χ0v) is 22.1. The molecule has 0 bridgehead atoms. The van der Waals surface area contributed by atoms with Crippen LogP contribution in [0.4, 0.5) is 4.39 Å². The molecule has 1 amide bonds. The summed E-state index contributed by atoms with van der Waals surface area (Å²) in [6.07, 6.45) is 1.94. The summed E-state index contributed by atoms with van der Waals surface area (Å²) >= 11 is 1.11. The number of hydrazone groups is 1. The third-order valence-electron chi connectivity index (χ3n) is 6.59. The second-order valence-electron chi connectivity index (χ2n) is 9.07. The molecule has 0 fully saturated rings. The number of fused-ring (bicyclic) bond motifs is 1. The molecule has 6 rings (SSSR count). The topological polar surface area (TPSA) is 105 Å². The first-order valence-electron chi connectivity index (χ1n) is 12.5. The number of aromatic nitrogens is 4. The van der Waals surface area contributed by atoms with Crippen molar-refractivity contribution in [1.29, 1.82) is 0 Å². The van der Waals surface area contributed by atoms with Gasteiger partial charge in [-0.25, -0.2) is 19.1 Å². The van der Waals surface area contributed by atoms with Gasteiger partial charge in [-0.2, -0.15) is 10.2 Å². The molecular formula is C29H23FN6O3S. The van der Waals surface area contributed by atoms with Gasteiger partial charge in [-0.3, -0.25) is 9.59 Å². The number of carbonyl (C=O) groups excluding carboxylic acids is 1. The molecule has 0 spiro atoms. The van der Waals surface area contributed by atoms with Crippen molar-refractivity contribution < 1.29 is 13.9 Å². The Bertz CT molecular complexity index is 1770. The Morgan fingerprint density at radius 3 is 2.55 bits per heavy atom. The molecule has 40 heavy (non-hydrogen) atoms. The molecule has 1 aliphatic rings. The Morgan fingerprint density at radius 2 is 1.82 bits per heavy atom. The number of hydrogen-bond donors (Lipinski definition) is 1. The minimum absolute atomic E-state index is 0.0228. The Hall–Kier alpha value is -4.77. The number of amides is 1. The molecule has 1 atom stereocenters. The van der Waals surface area contributed by atoms with Crippen molar-refractivity contribution in [3.63, 3.8) is 0 Å². The number of thioether (sulfide) groups is 1. The van der Waals surface area contributed by atoms with Gasteiger partial charge in [0.05, 0.1) is 36.5 Å². The fourth-order valence-corrected chi connectivity index (χ4v) is 5.27. The highest BCUT2D eigenvalue weighted by molar-refractivity contribution is 7.99. The number of halogens is 1. The summed E-state index contributed by atoms with van der Waals surface area (Å²) in [7, 11) is 1.60. The predicted octanol–water partition coefficient (Wildman–Crippen LogP) is 4.73. The predicted molar refractivity (Wildman–Crippen MR) is 150 cm³/mol. The zero-order chi connectivity index (χ0) is 27.6. The summed E-state index contributed by atoms with van der Waals surface area (Å²) in [6, 6.07) is 22.5. The van der Waals surface area contributed by atoms with Crippen molar-refractivity contribution in [3.8, 4) is 11.4 Å². The van der Waals surface area contributed by atoms with Crippen LogP contribution in [-0.4, -0.2) is 49.2 Å². The molecule has 11 heteroatoms. The maximum Gasteiger partial charge on any atom is 0.262 e. The maximum absolute atomic E-state index is 13.6. The molecule has 0 saturated carbocycles. The smallest absolute Gasteiger partial charge is 0.262 e. The lowest BCUT2D eigenvalue weighted by molar-refractivity contribution is -0.130. The highest BCUT2D eigenvalue weighted by Crippen LogP contribution is 2.34. The lowest BCUT2D eigenvalue weighted by Crippen LogP contribution is -2.28. The fourth-order valence-electron chi connectivity index (χ4n) is 4.56. The van der Waals surface area contributed by atoms with Crippen molar-refractivity contribution >= 4 is 34.4 Å². The monoisotopic (exact) mass is 554 g/mol. The number of ether oxygens (including phenoxy) is 1. The van der Waals surface area contributed by atoms with Crippen LogP contribution in [-0.2, 0) is 4.79 Å². The first-order chi connectivity index (χ1) is 19.5. The number of hydrogen-bond acceptors (Lipinski definition) is 7. The van der Waals surface area contributed by atoms with Crippen molar-refractivity contribution in [2.45, 2.75) is 17.6 Å². The summed E-state index contributed by atoms with van der Waals surface area (Å²) in [4.78, 5) is 33.6. The second-order valence-corrected chi connectivity index (χ2v) is 10.0. The Balaban J connectivity index is 1.27. The van der Waals surface area contributed by atoms with Gasteiger partial charge in [-0.05, 0) is 59.7 Å². The number of nitrogens with one attached hydrogen (secondary N) is 1. The maximum atomic E-state index is 13.6. The van der Waals surface area contributed by atoms with Gasteiger partial charge in [-0.15, -0.1) is 0 Å². The fraction of sp³-hybridized carbons (Fsp3) is 0.138. The molecule has 3 heterocycles. The van der Waals surface area contributed by atoms with Crippen LogP contribution < -0.4 is 10.3 Å². The van der Waals surface area contributed by atoms with Crippen LogP contribution in [0.2, 0.25) is 0 Å². The highest BCUT2D eigenvalue weighted by atomic mass is 32.2. The van der Waals surface area contributed by atoms with E-state index in [1.165, 1.54) is 23.3 Å². The molecule has 0 unspecified atom stereocenters. The van der Waals surface area contributed by atoms with Gasteiger partial charge in [0.2, 0.25) is 0 Å². The van der Waals surface area contributed by atoms with E-state index in [9.17, 15) is 14.0 Å². The molecule has 5 aromatic rings. The first kappa shape index (κ1) is 25.5. The molecular weight excluding hydrogens is 531 g/mol. The number of aromatic amines is 1. The van der Waals surface area contributed by atoms with E-state index in [4.69, 9.17) is 4.74 Å². The van der Waals surface area contributed by atoms with Crippen molar-refractivity contribution in [2.24, 2.45) is 5.10 Å². The summed E-state index contributed by atoms with van der Waals surface area (Å²) < 4.78 is 20.5. The highest BCUT2D eigenvalue weighted by Gasteiger charge is 2.33. The van der Waals surface area contributed by atoms with Crippen LogP contribution in [0.15, 0.2) is 100 Å². The Labute approximate surface area is 232 Å². The third kappa shape index (κ3) is 4.98. The lowest BCUT2D eigenvalue weighted by Gasteiger charge is -2.22. The Kier molecular flexibility index (Phi) is 6.87. The molecule has 200 valence electrons. The van der Waals surface area contributed by atoms with E-state index >= 15 is 0 Å². The molecule has 0 radical (unpaired) electrons. The van der Waals surface area contributed by atoms with Gasteiger partial charge < -0.3 is 9.72 Å². The number of methoxy groups -OCH3 is 1. The van der Waals surface area contributed by atoms with Crippen molar-refractivity contribution in [2.75, 3.05) is 12.9 Å². The van der Waals surface area contributed by atoms with Crippen molar-refractivity contribution in [1.82, 2.24) is 24.8 Å².